The van der Waals surface area contributed by atoms with Crippen molar-refractivity contribution in [2.45, 2.75) is 16.5 Å². The molecule has 1 aromatic heterocycles. The van der Waals surface area contributed by atoms with Crippen molar-refractivity contribution >= 4 is 22.9 Å². The first-order valence-corrected chi connectivity index (χ1v) is 7.20. The summed E-state index contributed by atoms with van der Waals surface area (Å²) < 4.78 is 33.5. The van der Waals surface area contributed by atoms with E-state index in [0.29, 0.717) is 29.6 Å². The highest BCUT2D eigenvalue weighted by atomic mass is 32.2. The van der Waals surface area contributed by atoms with Gasteiger partial charge in [-0.1, -0.05) is 12.1 Å². The molecule has 3 aromatic rings. The molecule has 0 atom stereocenters. The molecule has 0 saturated heterocycles. The van der Waals surface area contributed by atoms with Gasteiger partial charge in [0, 0.05) is 0 Å². The molecule has 3 nitrogen and oxygen atoms in total. The van der Waals surface area contributed by atoms with Crippen molar-refractivity contribution in [3.63, 3.8) is 0 Å². The third kappa shape index (κ3) is 2.91. The number of nitrogens with two attached hydrogens (primary N) is 1. The van der Waals surface area contributed by atoms with Crippen LogP contribution in [0.4, 0.5) is 8.78 Å². The van der Waals surface area contributed by atoms with Crippen molar-refractivity contribution < 1.29 is 13.2 Å². The topological polar surface area (TPSA) is 52.0 Å². The predicted octanol–water partition coefficient (Wildman–Crippen LogP) is 3.76. The van der Waals surface area contributed by atoms with E-state index < -0.39 is 11.6 Å². The highest BCUT2D eigenvalue weighted by molar-refractivity contribution is 7.99. The Bertz CT molecular complexity index is 732. The summed E-state index contributed by atoms with van der Waals surface area (Å²) in [5, 5.41) is 0.209. The zero-order valence-electron chi connectivity index (χ0n) is 11.0. The van der Waals surface area contributed by atoms with Gasteiger partial charge >= 0.3 is 0 Å². The van der Waals surface area contributed by atoms with E-state index in [1.165, 1.54) is 12.1 Å². The third-order valence-corrected chi connectivity index (χ3v) is 3.90. The number of aromatic nitrogens is 1. The molecule has 0 unspecified atom stereocenters. The van der Waals surface area contributed by atoms with Gasteiger partial charge in [0.2, 0.25) is 0 Å². The van der Waals surface area contributed by atoms with E-state index in [0.717, 1.165) is 11.8 Å². The van der Waals surface area contributed by atoms with Crippen molar-refractivity contribution in [1.29, 1.82) is 0 Å². The van der Waals surface area contributed by atoms with Crippen LogP contribution in [-0.4, -0.2) is 11.5 Å². The minimum atomic E-state index is -0.634. The first kappa shape index (κ1) is 14.0. The molecule has 0 aliphatic rings. The lowest BCUT2D eigenvalue weighted by atomic mass is 10.1. The molecule has 2 aromatic carbocycles. The third-order valence-electron chi connectivity index (χ3n) is 2.95. The molecule has 6 heteroatoms. The molecule has 0 radical (unpaired) electrons. The van der Waals surface area contributed by atoms with Gasteiger partial charge in [-0.2, -0.15) is 0 Å². The number of benzene rings is 2. The number of nitrogens with zero attached hydrogens (tertiary/aromatic N) is 1. The number of oxazole rings is 1. The monoisotopic (exact) mass is 306 g/mol. The summed E-state index contributed by atoms with van der Waals surface area (Å²) in [4.78, 5) is 4.07. The number of rotatable bonds is 4. The van der Waals surface area contributed by atoms with Crippen LogP contribution in [0.25, 0.3) is 11.1 Å². The summed E-state index contributed by atoms with van der Waals surface area (Å²) in [5.41, 5.74) is 7.16. The van der Waals surface area contributed by atoms with Crippen molar-refractivity contribution in [3.8, 4) is 0 Å². The van der Waals surface area contributed by atoms with Gasteiger partial charge in [0.1, 0.15) is 17.2 Å². The van der Waals surface area contributed by atoms with Gasteiger partial charge in [0.15, 0.2) is 5.58 Å². The average Bonchev–Trinajstić information content (AvgIpc) is 2.86. The minimum Gasteiger partial charge on any atom is -0.431 e. The Labute approximate surface area is 124 Å². The maximum atomic E-state index is 14.0. The Kier molecular flexibility index (Phi) is 3.90. The second-order valence-corrected chi connectivity index (χ2v) is 5.44. The second kappa shape index (κ2) is 5.83. The normalized spacial score (nSPS) is 11.2. The average molecular weight is 306 g/mol. The lowest BCUT2D eigenvalue weighted by molar-refractivity contribution is 0.485. The fourth-order valence-electron chi connectivity index (χ4n) is 2.00. The number of halogens is 2. The van der Waals surface area contributed by atoms with Crippen LogP contribution in [0.1, 0.15) is 5.56 Å². The Morgan fingerprint density at radius 2 is 1.86 bits per heavy atom. The predicted molar refractivity (Wildman–Crippen MR) is 77.2 cm³/mol. The van der Waals surface area contributed by atoms with Gasteiger partial charge in [-0.25, -0.2) is 13.8 Å². The molecular formula is C15H12F2N2OS. The van der Waals surface area contributed by atoms with Crippen LogP contribution in [0.3, 0.4) is 0 Å². The lowest BCUT2D eigenvalue weighted by Gasteiger charge is -2.05. The van der Waals surface area contributed by atoms with Gasteiger partial charge in [0.05, 0.1) is 4.90 Å². The van der Waals surface area contributed by atoms with Crippen LogP contribution in [0.5, 0.6) is 0 Å². The largest absolute Gasteiger partial charge is 0.431 e. The zero-order valence-corrected chi connectivity index (χ0v) is 11.8. The minimum absolute atomic E-state index is 0.123. The Morgan fingerprint density at radius 3 is 2.52 bits per heavy atom. The highest BCUT2D eigenvalue weighted by Crippen LogP contribution is 2.34. The Balaban J connectivity index is 1.93. The van der Waals surface area contributed by atoms with E-state index in [-0.39, 0.29) is 10.1 Å². The number of fused-ring (bicyclic) bond motifs is 1. The molecule has 0 spiro atoms. The molecule has 1 heterocycles. The van der Waals surface area contributed by atoms with Crippen LogP contribution in [0.15, 0.2) is 50.9 Å². The lowest BCUT2D eigenvalue weighted by Crippen LogP contribution is -2.04. The standard InChI is InChI=1S/C15H12F2N2OS/c16-10-7-9(5-6-18)8-11(17)14(10)21-15-19-12-3-1-2-4-13(12)20-15/h1-4,7-8H,5-6,18H2. The fraction of sp³-hybridized carbons (Fsp3) is 0.133. The van der Waals surface area contributed by atoms with E-state index >= 15 is 0 Å². The SMILES string of the molecule is NCCc1cc(F)c(Sc2nc3ccccc3o2)c(F)c1. The van der Waals surface area contributed by atoms with E-state index in [4.69, 9.17) is 10.2 Å². The molecule has 0 fully saturated rings. The molecule has 0 amide bonds. The zero-order chi connectivity index (χ0) is 14.8. The van der Waals surface area contributed by atoms with Crippen molar-refractivity contribution in [2.75, 3.05) is 6.54 Å². The van der Waals surface area contributed by atoms with Gasteiger partial charge in [-0.3, -0.25) is 0 Å². The summed E-state index contributed by atoms with van der Waals surface area (Å²) in [6.07, 6.45) is 0.432. The van der Waals surface area contributed by atoms with Crippen LogP contribution in [0.2, 0.25) is 0 Å². The van der Waals surface area contributed by atoms with E-state index in [1.54, 1.807) is 12.1 Å². The van der Waals surface area contributed by atoms with Gasteiger partial charge < -0.3 is 10.2 Å². The second-order valence-electron chi connectivity index (χ2n) is 4.48. The van der Waals surface area contributed by atoms with Crippen LogP contribution in [-0.2, 0) is 6.42 Å². The number of para-hydroxylation sites is 2. The van der Waals surface area contributed by atoms with Gasteiger partial charge in [0.25, 0.3) is 5.22 Å². The molecule has 0 bridgehead atoms. The summed E-state index contributed by atoms with van der Waals surface area (Å²) >= 11 is 0.834. The molecule has 0 aliphatic carbocycles. The van der Waals surface area contributed by atoms with Crippen molar-refractivity contribution in [3.05, 3.63) is 53.6 Å². The molecule has 3 rings (SSSR count). The number of hydrogen-bond donors (Lipinski definition) is 1. The smallest absolute Gasteiger partial charge is 0.261 e. The molecule has 108 valence electrons. The quantitative estimate of drug-likeness (QED) is 0.797. The summed E-state index contributed by atoms with van der Waals surface area (Å²) in [5.74, 6) is -1.27. The van der Waals surface area contributed by atoms with Crippen molar-refractivity contribution in [2.24, 2.45) is 5.73 Å². The van der Waals surface area contributed by atoms with E-state index in [9.17, 15) is 8.78 Å². The van der Waals surface area contributed by atoms with Crippen LogP contribution in [0, 0.1) is 11.6 Å². The summed E-state index contributed by atoms with van der Waals surface area (Å²) in [6.45, 7) is 0.344. The first-order chi connectivity index (χ1) is 10.2. The Morgan fingerprint density at radius 1 is 1.14 bits per heavy atom. The maximum Gasteiger partial charge on any atom is 0.261 e. The van der Waals surface area contributed by atoms with E-state index in [2.05, 4.69) is 4.98 Å². The summed E-state index contributed by atoms with van der Waals surface area (Å²) in [7, 11) is 0. The number of hydrogen-bond acceptors (Lipinski definition) is 4. The van der Waals surface area contributed by atoms with Crippen LogP contribution < -0.4 is 5.73 Å². The highest BCUT2D eigenvalue weighted by Gasteiger charge is 2.16. The van der Waals surface area contributed by atoms with Gasteiger partial charge in [-0.05, 0) is 54.6 Å². The summed E-state index contributed by atoms with van der Waals surface area (Å²) in [6, 6.07) is 9.75. The Hall–Kier alpha value is -1.92. The molecule has 0 aliphatic heterocycles. The van der Waals surface area contributed by atoms with Crippen LogP contribution >= 0.6 is 11.8 Å². The molecule has 2 N–H and O–H groups in total. The molecular weight excluding hydrogens is 294 g/mol. The molecule has 0 saturated carbocycles. The first-order valence-electron chi connectivity index (χ1n) is 6.39. The molecule has 21 heavy (non-hydrogen) atoms. The van der Waals surface area contributed by atoms with Gasteiger partial charge in [-0.15, -0.1) is 0 Å². The van der Waals surface area contributed by atoms with Crippen molar-refractivity contribution in [1.82, 2.24) is 4.98 Å². The maximum absolute atomic E-state index is 14.0. The van der Waals surface area contributed by atoms with E-state index in [1.807, 2.05) is 12.1 Å². The fourth-order valence-corrected chi connectivity index (χ4v) is 2.77.